The van der Waals surface area contributed by atoms with Crippen molar-refractivity contribution >= 4 is 17.5 Å². The maximum atomic E-state index is 11.4. The molecule has 0 bridgehead atoms. The van der Waals surface area contributed by atoms with Crippen LogP contribution in [0.15, 0.2) is 24.3 Å². The molecule has 0 unspecified atom stereocenters. The van der Waals surface area contributed by atoms with Gasteiger partial charge in [-0.15, -0.1) is 0 Å². The van der Waals surface area contributed by atoms with Gasteiger partial charge < -0.3 is 10.6 Å². The lowest BCUT2D eigenvalue weighted by Gasteiger charge is -2.26. The smallest absolute Gasteiger partial charge is 0.237 e. The molecular formula is C13H15N3O4. The molecule has 1 aliphatic rings. The van der Waals surface area contributed by atoms with E-state index in [0.29, 0.717) is 11.3 Å². The van der Waals surface area contributed by atoms with Crippen LogP contribution in [0.1, 0.15) is 31.4 Å². The fraction of sp³-hybridized carbons (Fsp3) is 0.385. The minimum absolute atomic E-state index is 0.173. The van der Waals surface area contributed by atoms with Gasteiger partial charge >= 0.3 is 0 Å². The Kier molecular flexibility index (Phi) is 3.97. The van der Waals surface area contributed by atoms with Gasteiger partial charge in [0.25, 0.3) is 0 Å². The van der Waals surface area contributed by atoms with Crippen LogP contribution >= 0.6 is 0 Å². The second kappa shape index (κ2) is 5.68. The van der Waals surface area contributed by atoms with Crippen LogP contribution in [0.2, 0.25) is 0 Å². The lowest BCUT2D eigenvalue weighted by Crippen LogP contribution is -2.45. The monoisotopic (exact) mass is 277 g/mol. The zero-order chi connectivity index (χ0) is 14.7. The van der Waals surface area contributed by atoms with Crippen molar-refractivity contribution in [2.75, 3.05) is 5.32 Å². The minimum Gasteiger partial charge on any atom is -0.343 e. The van der Waals surface area contributed by atoms with Crippen molar-refractivity contribution in [1.82, 2.24) is 5.32 Å². The predicted molar refractivity (Wildman–Crippen MR) is 71.6 cm³/mol. The van der Waals surface area contributed by atoms with Gasteiger partial charge in [-0.25, -0.2) is 0 Å². The summed E-state index contributed by atoms with van der Waals surface area (Å²) in [6.45, 7) is 1.40. The van der Waals surface area contributed by atoms with Crippen molar-refractivity contribution in [1.29, 1.82) is 0 Å². The third-order valence-electron chi connectivity index (χ3n) is 3.23. The van der Waals surface area contributed by atoms with E-state index in [1.165, 1.54) is 6.92 Å². The van der Waals surface area contributed by atoms with Gasteiger partial charge in [-0.1, -0.05) is 12.1 Å². The first-order valence-electron chi connectivity index (χ1n) is 6.28. The van der Waals surface area contributed by atoms with Crippen molar-refractivity contribution in [3.63, 3.8) is 0 Å². The largest absolute Gasteiger partial charge is 0.343 e. The number of nitrogens with zero attached hydrogens (tertiary/aromatic N) is 1. The molecule has 2 N–H and O–H groups in total. The molecule has 1 heterocycles. The first kappa shape index (κ1) is 14.0. The van der Waals surface area contributed by atoms with Crippen LogP contribution in [0.4, 0.5) is 5.69 Å². The summed E-state index contributed by atoms with van der Waals surface area (Å²) in [6.07, 6.45) is 0.406. The Morgan fingerprint density at radius 2 is 2.05 bits per heavy atom. The van der Waals surface area contributed by atoms with E-state index in [4.69, 9.17) is 0 Å². The van der Waals surface area contributed by atoms with Gasteiger partial charge in [-0.2, -0.15) is 0 Å². The molecule has 1 aromatic rings. The van der Waals surface area contributed by atoms with Gasteiger partial charge in [0.2, 0.25) is 17.9 Å². The van der Waals surface area contributed by atoms with Crippen LogP contribution in [0.3, 0.4) is 0 Å². The Morgan fingerprint density at radius 3 is 2.60 bits per heavy atom. The van der Waals surface area contributed by atoms with Gasteiger partial charge in [0.05, 0.1) is 0 Å². The number of carbonyl (C=O) groups excluding carboxylic acids is 2. The molecule has 0 aliphatic carbocycles. The molecule has 1 fully saturated rings. The predicted octanol–water partition coefficient (Wildman–Crippen LogP) is 1.24. The number of piperidine rings is 1. The Labute approximate surface area is 115 Å². The number of anilines is 1. The Hall–Kier alpha value is -2.44. The van der Waals surface area contributed by atoms with Crippen molar-refractivity contribution in [2.24, 2.45) is 0 Å². The van der Waals surface area contributed by atoms with Crippen molar-refractivity contribution in [2.45, 2.75) is 31.8 Å². The molecule has 2 amide bonds. The summed E-state index contributed by atoms with van der Waals surface area (Å²) >= 11 is 0. The molecule has 7 heteroatoms. The van der Waals surface area contributed by atoms with E-state index < -0.39 is 12.1 Å². The standard InChI is InChI=1S/C13H15N3O4/c1-8(17)14-10-4-2-9(3-5-10)13-11(16(19)20)6-7-12(18)15-13/h2-5,11,13H,6-7H2,1H3,(H,14,17)(H,15,18)/t11-,13+/m1/s1. The van der Waals surface area contributed by atoms with E-state index in [2.05, 4.69) is 10.6 Å². The number of carbonyl (C=O) groups is 2. The zero-order valence-corrected chi connectivity index (χ0v) is 11.0. The zero-order valence-electron chi connectivity index (χ0n) is 11.0. The summed E-state index contributed by atoms with van der Waals surface area (Å²) in [4.78, 5) is 33.1. The molecule has 2 atom stereocenters. The minimum atomic E-state index is -0.820. The number of hydrogen-bond acceptors (Lipinski definition) is 4. The average Bonchev–Trinajstić information content (AvgIpc) is 2.38. The molecule has 2 rings (SSSR count). The van der Waals surface area contributed by atoms with Crippen LogP contribution in [-0.4, -0.2) is 22.8 Å². The number of rotatable bonds is 3. The van der Waals surface area contributed by atoms with E-state index in [1.807, 2.05) is 0 Å². The highest BCUT2D eigenvalue weighted by molar-refractivity contribution is 5.88. The Bertz CT molecular complexity index is 541. The van der Waals surface area contributed by atoms with Gasteiger partial charge in [0, 0.05) is 30.4 Å². The summed E-state index contributed by atoms with van der Waals surface area (Å²) in [7, 11) is 0. The fourth-order valence-corrected chi connectivity index (χ4v) is 2.30. The fourth-order valence-electron chi connectivity index (χ4n) is 2.30. The lowest BCUT2D eigenvalue weighted by atomic mass is 9.92. The first-order valence-corrected chi connectivity index (χ1v) is 6.28. The molecule has 106 valence electrons. The van der Waals surface area contributed by atoms with Crippen LogP contribution in [-0.2, 0) is 9.59 Å². The molecule has 1 aromatic carbocycles. The van der Waals surface area contributed by atoms with E-state index in [1.54, 1.807) is 24.3 Å². The second-order valence-corrected chi connectivity index (χ2v) is 4.74. The molecule has 1 aliphatic heterocycles. The van der Waals surface area contributed by atoms with Gasteiger partial charge in [-0.3, -0.25) is 19.7 Å². The van der Waals surface area contributed by atoms with Crippen LogP contribution in [0, 0.1) is 10.1 Å². The van der Waals surface area contributed by atoms with E-state index in [9.17, 15) is 19.7 Å². The highest BCUT2D eigenvalue weighted by Gasteiger charge is 2.37. The SMILES string of the molecule is CC(=O)Nc1ccc([C@@H]2NC(=O)CC[C@H]2[N+](=O)[O-])cc1. The summed E-state index contributed by atoms with van der Waals surface area (Å²) in [6, 6.07) is 5.23. The highest BCUT2D eigenvalue weighted by atomic mass is 16.6. The Balaban J connectivity index is 2.21. The van der Waals surface area contributed by atoms with E-state index in [-0.39, 0.29) is 29.6 Å². The number of benzene rings is 1. The van der Waals surface area contributed by atoms with Crippen LogP contribution < -0.4 is 10.6 Å². The quantitative estimate of drug-likeness (QED) is 0.641. The van der Waals surface area contributed by atoms with Crippen LogP contribution in [0.25, 0.3) is 0 Å². The molecule has 7 nitrogen and oxygen atoms in total. The molecule has 0 saturated carbocycles. The Morgan fingerprint density at radius 1 is 1.40 bits per heavy atom. The maximum absolute atomic E-state index is 11.4. The average molecular weight is 277 g/mol. The molecular weight excluding hydrogens is 262 g/mol. The van der Waals surface area contributed by atoms with Crippen LogP contribution in [0.5, 0.6) is 0 Å². The lowest BCUT2D eigenvalue weighted by molar-refractivity contribution is -0.529. The molecule has 0 spiro atoms. The second-order valence-electron chi connectivity index (χ2n) is 4.74. The van der Waals surface area contributed by atoms with E-state index in [0.717, 1.165) is 0 Å². The molecule has 0 radical (unpaired) electrons. The highest BCUT2D eigenvalue weighted by Crippen LogP contribution is 2.27. The number of nitro groups is 1. The summed E-state index contributed by atoms with van der Waals surface area (Å²) in [5.41, 5.74) is 1.27. The third kappa shape index (κ3) is 3.11. The van der Waals surface area contributed by atoms with Gasteiger partial charge in [0.1, 0.15) is 6.04 Å². The molecule has 1 saturated heterocycles. The maximum Gasteiger partial charge on any atom is 0.237 e. The topological polar surface area (TPSA) is 101 Å². The summed E-state index contributed by atoms with van der Waals surface area (Å²) in [5, 5.41) is 16.3. The molecule has 0 aromatic heterocycles. The normalized spacial score (nSPS) is 21.9. The number of amides is 2. The third-order valence-corrected chi connectivity index (χ3v) is 3.23. The van der Waals surface area contributed by atoms with E-state index >= 15 is 0 Å². The number of nitrogens with one attached hydrogen (secondary N) is 2. The summed E-state index contributed by atoms with van der Waals surface area (Å²) in [5.74, 6) is -0.370. The molecule has 20 heavy (non-hydrogen) atoms. The number of hydrogen-bond donors (Lipinski definition) is 2. The van der Waals surface area contributed by atoms with Gasteiger partial charge in [-0.05, 0) is 17.7 Å². The van der Waals surface area contributed by atoms with Crippen molar-refractivity contribution in [3.8, 4) is 0 Å². The first-order chi connectivity index (χ1) is 9.47. The van der Waals surface area contributed by atoms with Crippen molar-refractivity contribution < 1.29 is 14.5 Å². The van der Waals surface area contributed by atoms with Crippen molar-refractivity contribution in [3.05, 3.63) is 39.9 Å². The van der Waals surface area contributed by atoms with Gasteiger partial charge in [0.15, 0.2) is 0 Å². The summed E-state index contributed by atoms with van der Waals surface area (Å²) < 4.78 is 0.